The summed E-state index contributed by atoms with van der Waals surface area (Å²) in [5.41, 5.74) is 6.24. The van der Waals surface area contributed by atoms with Crippen molar-refractivity contribution in [2.24, 2.45) is 23.5 Å². The summed E-state index contributed by atoms with van der Waals surface area (Å²) < 4.78 is 0. The molecular weight excluding hydrogens is 390 g/mol. The van der Waals surface area contributed by atoms with Crippen LogP contribution >= 0.6 is 0 Å². The highest BCUT2D eigenvalue weighted by atomic mass is 16.3. The van der Waals surface area contributed by atoms with Crippen molar-refractivity contribution in [3.63, 3.8) is 0 Å². The van der Waals surface area contributed by atoms with Crippen LogP contribution in [0.2, 0.25) is 0 Å². The average molecular weight is 413 g/mol. The minimum Gasteiger partial charge on any atom is -0.511 e. The van der Waals surface area contributed by atoms with Gasteiger partial charge in [0.05, 0.1) is 17.5 Å². The molecule has 158 valence electrons. The second-order valence-corrected chi connectivity index (χ2v) is 7.90. The maximum Gasteiger partial charge on any atom is 0.255 e. The quantitative estimate of drug-likeness (QED) is 0.312. The molecule has 0 aromatic heterocycles. The lowest BCUT2D eigenvalue weighted by molar-refractivity contribution is -0.126. The van der Waals surface area contributed by atoms with Gasteiger partial charge in [-0.1, -0.05) is 0 Å². The second kappa shape index (κ2) is 6.88. The highest BCUT2D eigenvalue weighted by Gasteiger charge is 2.53. The first-order valence-corrected chi connectivity index (χ1v) is 9.67. The summed E-state index contributed by atoms with van der Waals surface area (Å²) in [6, 6.07) is 2.31. The Bertz CT molecular complexity index is 1060. The van der Waals surface area contributed by atoms with Gasteiger partial charge in [0, 0.05) is 18.3 Å². The highest BCUT2D eigenvalue weighted by molar-refractivity contribution is 6.22. The van der Waals surface area contributed by atoms with Gasteiger partial charge in [-0.2, -0.15) is 0 Å². The van der Waals surface area contributed by atoms with E-state index in [9.17, 15) is 29.7 Å². The minimum atomic E-state index is -1.17. The van der Waals surface area contributed by atoms with Gasteiger partial charge in [-0.15, -0.1) is 0 Å². The van der Waals surface area contributed by atoms with Gasteiger partial charge >= 0.3 is 0 Å². The van der Waals surface area contributed by atoms with E-state index in [1.165, 1.54) is 6.07 Å². The summed E-state index contributed by atoms with van der Waals surface area (Å²) in [7, 11) is 3.28. The molecule has 0 radical (unpaired) electrons. The number of allylic oxidation sites excluding steroid dienone is 2. The molecule has 7 N–H and O–H groups in total. The molecule has 9 heteroatoms. The Hall–Kier alpha value is -3.33. The van der Waals surface area contributed by atoms with Crippen molar-refractivity contribution < 1.29 is 29.7 Å². The molecular formula is C21H23N3O6. The number of phenols is 1. The van der Waals surface area contributed by atoms with E-state index in [1.54, 1.807) is 20.2 Å². The zero-order valence-corrected chi connectivity index (χ0v) is 16.5. The maximum absolute atomic E-state index is 13.3. The van der Waals surface area contributed by atoms with Gasteiger partial charge < -0.3 is 31.7 Å². The number of rotatable bonds is 3. The summed E-state index contributed by atoms with van der Waals surface area (Å²) in [5, 5.41) is 37.8. The van der Waals surface area contributed by atoms with Gasteiger partial charge in [-0.05, 0) is 49.4 Å². The number of aromatic hydroxyl groups is 1. The van der Waals surface area contributed by atoms with E-state index in [0.717, 1.165) is 0 Å². The van der Waals surface area contributed by atoms with E-state index >= 15 is 0 Å². The van der Waals surface area contributed by atoms with Crippen molar-refractivity contribution in [1.29, 1.82) is 0 Å². The Balaban J connectivity index is 1.90. The van der Waals surface area contributed by atoms with E-state index in [4.69, 9.17) is 5.73 Å². The lowest BCUT2D eigenvalue weighted by Crippen LogP contribution is -2.53. The minimum absolute atomic E-state index is 0.0701. The number of aliphatic hydroxyl groups excluding tert-OH is 2. The number of hydrogen-bond acceptors (Lipinski definition) is 8. The summed E-state index contributed by atoms with van der Waals surface area (Å²) in [5.74, 6) is -5.64. The standard InChI is InChI=1S/C21H23N3O6/c1-23-10-3-4-11(25)13-8(10)5-7-6-9-14(18(27)12(7)17(13)26)19(28)15(21(22)30)20(29)16(9)24-2/h3-4,7,9,14,16,23-25,27,29H,5-6H2,1-2H3,(H2,22,30). The largest absolute Gasteiger partial charge is 0.511 e. The van der Waals surface area contributed by atoms with Gasteiger partial charge in [0.1, 0.15) is 22.8 Å². The number of hydrogen-bond donors (Lipinski definition) is 6. The number of fused-ring (bicyclic) bond motifs is 3. The number of carbonyl (C=O) groups is 3. The van der Waals surface area contributed by atoms with Gasteiger partial charge in [0.15, 0.2) is 11.6 Å². The molecule has 9 nitrogen and oxygen atoms in total. The Morgan fingerprint density at radius 3 is 2.43 bits per heavy atom. The first kappa shape index (κ1) is 20.0. The molecule has 1 aromatic rings. The van der Waals surface area contributed by atoms with Crippen molar-refractivity contribution in [2.75, 3.05) is 19.4 Å². The summed E-state index contributed by atoms with van der Waals surface area (Å²) >= 11 is 0. The fourth-order valence-electron chi connectivity index (χ4n) is 5.25. The number of Topliss-reactive ketones (excluding diaryl/α,β-unsaturated/α-hetero) is 2. The molecule has 1 aromatic carbocycles. The number of aliphatic hydroxyl groups is 2. The molecule has 30 heavy (non-hydrogen) atoms. The fraction of sp³-hybridized carbons (Fsp3) is 0.381. The molecule has 0 aliphatic heterocycles. The first-order chi connectivity index (χ1) is 14.2. The van der Waals surface area contributed by atoms with Crippen LogP contribution in [0.1, 0.15) is 22.3 Å². The predicted octanol–water partition coefficient (Wildman–Crippen LogP) is 0.705. The Labute approximate surface area is 172 Å². The van der Waals surface area contributed by atoms with Crippen LogP contribution < -0.4 is 16.4 Å². The van der Waals surface area contributed by atoms with Crippen LogP contribution in [-0.2, 0) is 16.0 Å². The maximum atomic E-state index is 13.3. The number of ketones is 2. The number of benzene rings is 1. The van der Waals surface area contributed by atoms with Crippen LogP contribution in [0, 0.1) is 17.8 Å². The van der Waals surface area contributed by atoms with Crippen molar-refractivity contribution >= 4 is 23.2 Å². The lowest BCUT2D eigenvalue weighted by Gasteiger charge is -2.44. The molecule has 0 saturated carbocycles. The van der Waals surface area contributed by atoms with Crippen molar-refractivity contribution in [3.05, 3.63) is 45.9 Å². The van der Waals surface area contributed by atoms with E-state index < -0.39 is 58.4 Å². The number of amides is 1. The first-order valence-electron chi connectivity index (χ1n) is 9.67. The normalized spacial score (nSPS) is 28.1. The monoisotopic (exact) mass is 413 g/mol. The molecule has 3 aliphatic carbocycles. The molecule has 0 saturated heterocycles. The number of phenolic OH excluding ortho intramolecular Hbond substituents is 1. The Morgan fingerprint density at radius 1 is 1.13 bits per heavy atom. The van der Waals surface area contributed by atoms with E-state index in [-0.39, 0.29) is 16.9 Å². The number of nitrogens with two attached hydrogens (primary N) is 1. The molecule has 4 unspecified atom stereocenters. The second-order valence-electron chi connectivity index (χ2n) is 7.90. The van der Waals surface area contributed by atoms with Crippen LogP contribution in [0.5, 0.6) is 5.75 Å². The van der Waals surface area contributed by atoms with Crippen LogP contribution in [0.3, 0.4) is 0 Å². The third kappa shape index (κ3) is 2.55. The zero-order chi connectivity index (χ0) is 21.9. The molecule has 1 amide bonds. The van der Waals surface area contributed by atoms with Crippen molar-refractivity contribution in [1.82, 2.24) is 5.32 Å². The molecule has 4 atom stereocenters. The molecule has 0 spiro atoms. The van der Waals surface area contributed by atoms with Gasteiger partial charge in [0.2, 0.25) is 0 Å². The predicted molar refractivity (Wildman–Crippen MR) is 107 cm³/mol. The van der Waals surface area contributed by atoms with Gasteiger partial charge in [-0.25, -0.2) is 0 Å². The number of nitrogens with one attached hydrogen (secondary N) is 2. The molecule has 4 rings (SSSR count). The fourth-order valence-corrected chi connectivity index (χ4v) is 5.25. The van der Waals surface area contributed by atoms with Gasteiger partial charge in [0.25, 0.3) is 5.91 Å². The summed E-state index contributed by atoms with van der Waals surface area (Å²) in [6.07, 6.45) is 0.688. The molecule has 0 bridgehead atoms. The van der Waals surface area contributed by atoms with Crippen LogP contribution in [0.25, 0.3) is 0 Å². The van der Waals surface area contributed by atoms with E-state index in [2.05, 4.69) is 10.6 Å². The summed E-state index contributed by atoms with van der Waals surface area (Å²) in [6.45, 7) is 0. The Kier molecular flexibility index (Phi) is 4.58. The zero-order valence-electron chi connectivity index (χ0n) is 16.5. The molecule has 0 heterocycles. The topological polar surface area (TPSA) is 162 Å². The number of carbonyl (C=O) groups excluding carboxylic acids is 3. The van der Waals surface area contributed by atoms with Crippen LogP contribution in [0.4, 0.5) is 5.69 Å². The number of primary amides is 1. The lowest BCUT2D eigenvalue weighted by atomic mass is 9.61. The average Bonchev–Trinajstić information content (AvgIpc) is 2.67. The van der Waals surface area contributed by atoms with E-state index in [1.807, 2.05) is 0 Å². The van der Waals surface area contributed by atoms with Crippen LogP contribution in [-0.4, -0.2) is 52.9 Å². The van der Waals surface area contributed by atoms with Crippen molar-refractivity contribution in [2.45, 2.75) is 18.9 Å². The Morgan fingerprint density at radius 2 is 1.83 bits per heavy atom. The third-order valence-electron chi connectivity index (χ3n) is 6.51. The third-order valence-corrected chi connectivity index (χ3v) is 6.51. The smallest absolute Gasteiger partial charge is 0.255 e. The molecule has 3 aliphatic rings. The summed E-state index contributed by atoms with van der Waals surface area (Å²) in [4.78, 5) is 38.0. The highest BCUT2D eigenvalue weighted by Crippen LogP contribution is 2.50. The van der Waals surface area contributed by atoms with Crippen molar-refractivity contribution in [3.8, 4) is 5.75 Å². The van der Waals surface area contributed by atoms with Crippen LogP contribution in [0.15, 0.2) is 34.8 Å². The SMILES string of the molecule is CNc1ccc(O)c2c1CC1CC3C(NC)C(O)=C(C(N)=O)C(=O)C3C(O)=C1C2=O. The number of anilines is 1. The molecule has 0 fully saturated rings. The number of likely N-dealkylation sites (N-methyl/N-ethyl adjacent to an activating group) is 1. The van der Waals surface area contributed by atoms with E-state index in [0.29, 0.717) is 24.1 Å². The van der Waals surface area contributed by atoms with Gasteiger partial charge in [-0.3, -0.25) is 14.4 Å².